The summed E-state index contributed by atoms with van der Waals surface area (Å²) in [7, 11) is 2.05. The molecule has 0 spiro atoms. The molecule has 0 saturated carbocycles. The Morgan fingerprint density at radius 3 is 2.85 bits per heavy atom. The van der Waals surface area contributed by atoms with Gasteiger partial charge in [0.1, 0.15) is 0 Å². The molecular formula is C17H28N2O. The van der Waals surface area contributed by atoms with E-state index in [-0.39, 0.29) is 0 Å². The van der Waals surface area contributed by atoms with E-state index in [4.69, 9.17) is 4.74 Å². The number of aryl methyl sites for hydroxylation is 2. The highest BCUT2D eigenvalue weighted by Crippen LogP contribution is 2.19. The molecular weight excluding hydrogens is 248 g/mol. The van der Waals surface area contributed by atoms with E-state index in [0.717, 1.165) is 32.7 Å². The van der Waals surface area contributed by atoms with E-state index in [1.54, 1.807) is 0 Å². The van der Waals surface area contributed by atoms with Crippen molar-refractivity contribution in [1.82, 2.24) is 10.2 Å². The molecule has 0 aromatic heterocycles. The van der Waals surface area contributed by atoms with Crippen LogP contribution in [0.2, 0.25) is 0 Å². The minimum atomic E-state index is 0.342. The predicted molar refractivity (Wildman–Crippen MR) is 84.2 cm³/mol. The molecule has 112 valence electrons. The number of rotatable bonds is 4. The first-order valence-electron chi connectivity index (χ1n) is 7.68. The number of benzene rings is 1. The predicted octanol–water partition coefficient (Wildman–Crippen LogP) is 2.67. The van der Waals surface area contributed by atoms with Crippen LogP contribution in [0.25, 0.3) is 0 Å². The lowest BCUT2D eigenvalue weighted by molar-refractivity contribution is 0.0665. The Morgan fingerprint density at radius 2 is 2.15 bits per heavy atom. The highest BCUT2D eigenvalue weighted by molar-refractivity contribution is 5.31. The van der Waals surface area contributed by atoms with Crippen molar-refractivity contribution in [2.24, 2.45) is 0 Å². The molecule has 3 nitrogen and oxygen atoms in total. The number of nitrogens with zero attached hydrogens (tertiary/aromatic N) is 1. The Kier molecular flexibility index (Phi) is 5.58. The van der Waals surface area contributed by atoms with Gasteiger partial charge in [-0.1, -0.05) is 18.2 Å². The molecule has 1 aromatic rings. The van der Waals surface area contributed by atoms with Crippen molar-refractivity contribution in [3.8, 4) is 0 Å². The van der Waals surface area contributed by atoms with Gasteiger partial charge in [0, 0.05) is 32.3 Å². The number of hydrogen-bond acceptors (Lipinski definition) is 3. The van der Waals surface area contributed by atoms with E-state index in [1.165, 1.54) is 16.7 Å². The fraction of sp³-hybridized carbons (Fsp3) is 0.647. The third kappa shape index (κ3) is 4.05. The highest BCUT2D eigenvalue weighted by atomic mass is 16.5. The van der Waals surface area contributed by atoms with Crippen LogP contribution in [0.4, 0.5) is 0 Å². The molecule has 3 heteroatoms. The average molecular weight is 276 g/mol. The number of ether oxygens (including phenoxy) is 1. The van der Waals surface area contributed by atoms with Gasteiger partial charge in [-0.05, 0) is 50.9 Å². The molecule has 0 radical (unpaired) electrons. The molecule has 1 aromatic carbocycles. The van der Waals surface area contributed by atoms with Gasteiger partial charge in [0.15, 0.2) is 0 Å². The zero-order valence-corrected chi connectivity index (χ0v) is 13.3. The van der Waals surface area contributed by atoms with Crippen LogP contribution in [0.15, 0.2) is 18.2 Å². The summed E-state index contributed by atoms with van der Waals surface area (Å²) < 4.78 is 5.73. The standard InChI is InChI=1S/C17H28N2O/c1-13-6-7-16(10-14(13)2)17(18-4)12-19-8-5-9-20-15(3)11-19/h6-7,10,15,17-18H,5,8-9,11-12H2,1-4H3. The van der Waals surface area contributed by atoms with E-state index >= 15 is 0 Å². The van der Waals surface area contributed by atoms with Crippen LogP contribution in [0.5, 0.6) is 0 Å². The first kappa shape index (κ1) is 15.5. The lowest BCUT2D eigenvalue weighted by Crippen LogP contribution is -2.37. The molecule has 1 heterocycles. The Hall–Kier alpha value is -0.900. The molecule has 1 aliphatic heterocycles. The SMILES string of the molecule is CNC(CN1CCCOC(C)C1)c1ccc(C)c(C)c1. The van der Waals surface area contributed by atoms with E-state index < -0.39 is 0 Å². The fourth-order valence-electron chi connectivity index (χ4n) is 2.85. The molecule has 1 aliphatic rings. The number of hydrogen-bond donors (Lipinski definition) is 1. The van der Waals surface area contributed by atoms with E-state index in [2.05, 4.69) is 56.2 Å². The molecule has 2 rings (SSSR count). The van der Waals surface area contributed by atoms with Crippen LogP contribution in [0, 0.1) is 13.8 Å². The number of likely N-dealkylation sites (N-methyl/N-ethyl adjacent to an activating group) is 1. The Morgan fingerprint density at radius 1 is 1.35 bits per heavy atom. The van der Waals surface area contributed by atoms with Crippen LogP contribution >= 0.6 is 0 Å². The van der Waals surface area contributed by atoms with Gasteiger partial charge in [0.25, 0.3) is 0 Å². The maximum Gasteiger partial charge on any atom is 0.0673 e. The van der Waals surface area contributed by atoms with Crippen molar-refractivity contribution in [3.05, 3.63) is 34.9 Å². The van der Waals surface area contributed by atoms with Crippen molar-refractivity contribution < 1.29 is 4.74 Å². The van der Waals surface area contributed by atoms with Crippen molar-refractivity contribution >= 4 is 0 Å². The van der Waals surface area contributed by atoms with E-state index in [9.17, 15) is 0 Å². The van der Waals surface area contributed by atoms with Gasteiger partial charge < -0.3 is 10.1 Å². The maximum absolute atomic E-state index is 5.73. The van der Waals surface area contributed by atoms with Crippen molar-refractivity contribution in [3.63, 3.8) is 0 Å². The smallest absolute Gasteiger partial charge is 0.0673 e. The van der Waals surface area contributed by atoms with Gasteiger partial charge >= 0.3 is 0 Å². The Balaban J connectivity index is 2.05. The lowest BCUT2D eigenvalue weighted by atomic mass is 10.0. The summed E-state index contributed by atoms with van der Waals surface area (Å²) in [6.07, 6.45) is 1.48. The van der Waals surface area contributed by atoms with Crippen LogP contribution in [0.3, 0.4) is 0 Å². The third-order valence-corrected chi connectivity index (χ3v) is 4.26. The van der Waals surface area contributed by atoms with Gasteiger partial charge in [0.2, 0.25) is 0 Å². The fourth-order valence-corrected chi connectivity index (χ4v) is 2.85. The Bertz CT molecular complexity index is 433. The normalized spacial score (nSPS) is 22.5. The molecule has 20 heavy (non-hydrogen) atoms. The first-order chi connectivity index (χ1) is 9.60. The topological polar surface area (TPSA) is 24.5 Å². The zero-order valence-electron chi connectivity index (χ0n) is 13.3. The number of nitrogens with one attached hydrogen (secondary N) is 1. The zero-order chi connectivity index (χ0) is 14.5. The molecule has 0 amide bonds. The monoisotopic (exact) mass is 276 g/mol. The summed E-state index contributed by atoms with van der Waals surface area (Å²) in [6.45, 7) is 10.6. The van der Waals surface area contributed by atoms with Crippen LogP contribution in [-0.2, 0) is 4.74 Å². The van der Waals surface area contributed by atoms with Crippen molar-refractivity contribution in [2.45, 2.75) is 39.3 Å². The summed E-state index contributed by atoms with van der Waals surface area (Å²) in [6, 6.07) is 7.18. The van der Waals surface area contributed by atoms with Crippen LogP contribution < -0.4 is 5.32 Å². The minimum absolute atomic E-state index is 0.342. The molecule has 2 unspecified atom stereocenters. The first-order valence-corrected chi connectivity index (χ1v) is 7.68. The molecule has 0 aliphatic carbocycles. The summed E-state index contributed by atoms with van der Waals surface area (Å²) in [5, 5.41) is 3.47. The minimum Gasteiger partial charge on any atom is -0.377 e. The van der Waals surface area contributed by atoms with E-state index in [1.807, 2.05) is 0 Å². The van der Waals surface area contributed by atoms with Crippen LogP contribution in [-0.4, -0.2) is 44.3 Å². The second kappa shape index (κ2) is 7.21. The summed E-state index contributed by atoms with van der Waals surface area (Å²) >= 11 is 0. The van der Waals surface area contributed by atoms with Crippen LogP contribution in [0.1, 0.15) is 36.1 Å². The largest absolute Gasteiger partial charge is 0.377 e. The van der Waals surface area contributed by atoms with Crippen molar-refractivity contribution in [1.29, 1.82) is 0 Å². The van der Waals surface area contributed by atoms with E-state index in [0.29, 0.717) is 12.1 Å². The summed E-state index contributed by atoms with van der Waals surface area (Å²) in [4.78, 5) is 2.52. The molecule has 2 atom stereocenters. The second-order valence-electron chi connectivity index (χ2n) is 5.98. The molecule has 0 bridgehead atoms. The van der Waals surface area contributed by atoms with Gasteiger partial charge in [-0.15, -0.1) is 0 Å². The van der Waals surface area contributed by atoms with Crippen molar-refractivity contribution in [2.75, 3.05) is 33.3 Å². The molecule has 1 fully saturated rings. The molecule has 1 N–H and O–H groups in total. The second-order valence-corrected chi connectivity index (χ2v) is 5.98. The maximum atomic E-state index is 5.73. The molecule has 1 saturated heterocycles. The lowest BCUT2D eigenvalue weighted by Gasteiger charge is -2.27. The highest BCUT2D eigenvalue weighted by Gasteiger charge is 2.19. The Labute approximate surface area is 123 Å². The van der Waals surface area contributed by atoms with Gasteiger partial charge in [-0.2, -0.15) is 0 Å². The third-order valence-electron chi connectivity index (χ3n) is 4.26. The van der Waals surface area contributed by atoms with Gasteiger partial charge in [-0.3, -0.25) is 4.90 Å². The van der Waals surface area contributed by atoms with Gasteiger partial charge in [-0.25, -0.2) is 0 Å². The summed E-state index contributed by atoms with van der Waals surface area (Å²) in [5.41, 5.74) is 4.11. The summed E-state index contributed by atoms with van der Waals surface area (Å²) in [5.74, 6) is 0. The quantitative estimate of drug-likeness (QED) is 0.915. The van der Waals surface area contributed by atoms with Gasteiger partial charge in [0.05, 0.1) is 6.10 Å². The average Bonchev–Trinajstić information content (AvgIpc) is 2.63.